The number of rotatable bonds is 78. The van der Waals surface area contributed by atoms with Crippen molar-refractivity contribution in [2.45, 2.75) is 419 Å². The molecule has 0 aromatic rings. The lowest BCUT2D eigenvalue weighted by Gasteiger charge is -2.21. The van der Waals surface area contributed by atoms with E-state index >= 15 is 0 Å². The van der Waals surface area contributed by atoms with Gasteiger partial charge in [-0.05, 0) is 63.2 Å². The van der Waals surface area contributed by atoms with Gasteiger partial charge in [-0.15, -0.1) is 0 Å². The van der Waals surface area contributed by atoms with Crippen LogP contribution in [0, 0.1) is 11.8 Å². The van der Waals surface area contributed by atoms with Gasteiger partial charge in [-0.25, -0.2) is 9.13 Å². The van der Waals surface area contributed by atoms with Gasteiger partial charge in [0, 0.05) is 25.7 Å². The Balaban J connectivity index is 5.24. The van der Waals surface area contributed by atoms with Gasteiger partial charge in [-0.1, -0.05) is 348 Å². The Kier molecular flexibility index (Phi) is 70.3. The molecule has 0 rings (SSSR count). The van der Waals surface area contributed by atoms with Gasteiger partial charge in [-0.3, -0.25) is 37.3 Å². The van der Waals surface area contributed by atoms with E-state index in [1.165, 1.54) is 193 Å². The molecule has 0 heterocycles. The molecule has 0 aromatic carbocycles. The molecule has 0 saturated carbocycles. The molecule has 7 atom stereocenters. The fraction of sp³-hybridized carbons (Fsp3) is 0.901. The summed E-state index contributed by atoms with van der Waals surface area (Å²) < 4.78 is 68.6. The lowest BCUT2D eigenvalue weighted by atomic mass is 9.99. The molecule has 0 saturated heterocycles. The molecule has 19 heteroatoms. The molecule has 100 heavy (non-hydrogen) atoms. The first-order valence-electron chi connectivity index (χ1n) is 41.4. The molecule has 0 aliphatic rings. The van der Waals surface area contributed by atoms with Crippen LogP contribution in [-0.4, -0.2) is 96.7 Å². The van der Waals surface area contributed by atoms with E-state index in [0.717, 1.165) is 127 Å². The number of allylic oxidation sites excluding steroid dienone is 4. The van der Waals surface area contributed by atoms with E-state index < -0.39 is 97.5 Å². The first kappa shape index (κ1) is 97.5. The summed E-state index contributed by atoms with van der Waals surface area (Å²) in [5.74, 6) is -0.542. The second-order valence-electron chi connectivity index (χ2n) is 29.0. The van der Waals surface area contributed by atoms with Crippen molar-refractivity contribution in [3.8, 4) is 0 Å². The van der Waals surface area contributed by atoms with E-state index in [9.17, 15) is 43.2 Å². The molecule has 0 aliphatic carbocycles. The summed E-state index contributed by atoms with van der Waals surface area (Å²) in [5, 5.41) is 10.6. The maximum Gasteiger partial charge on any atom is 0.472 e. The number of phosphoric ester groups is 2. The van der Waals surface area contributed by atoms with Crippen LogP contribution in [0.25, 0.3) is 0 Å². The van der Waals surface area contributed by atoms with Crippen LogP contribution in [0.2, 0.25) is 0 Å². The zero-order valence-corrected chi connectivity index (χ0v) is 66.8. The van der Waals surface area contributed by atoms with Crippen LogP contribution < -0.4 is 0 Å². The minimum Gasteiger partial charge on any atom is -0.462 e. The largest absolute Gasteiger partial charge is 0.472 e. The molecular weight excluding hydrogens is 1310 g/mol. The van der Waals surface area contributed by atoms with Crippen LogP contribution in [0.3, 0.4) is 0 Å². The van der Waals surface area contributed by atoms with E-state index in [-0.39, 0.29) is 25.7 Å². The molecule has 0 aliphatic heterocycles. The minimum atomic E-state index is -4.97. The van der Waals surface area contributed by atoms with Crippen molar-refractivity contribution in [3.05, 3.63) is 24.3 Å². The molecule has 17 nitrogen and oxygen atoms in total. The Bertz CT molecular complexity index is 2020. The van der Waals surface area contributed by atoms with Crippen LogP contribution in [-0.2, 0) is 65.4 Å². The number of carbonyl (C=O) groups is 4. The first-order chi connectivity index (χ1) is 48.4. The Morgan fingerprint density at radius 2 is 0.560 bits per heavy atom. The zero-order chi connectivity index (χ0) is 73.5. The highest BCUT2D eigenvalue weighted by molar-refractivity contribution is 7.47. The number of unbranched alkanes of at least 4 members (excludes halogenated alkanes) is 43. The predicted octanol–water partition coefficient (Wildman–Crippen LogP) is 23.8. The number of ether oxygens (including phenoxy) is 4. The fourth-order valence-corrected chi connectivity index (χ4v) is 13.5. The van der Waals surface area contributed by atoms with Gasteiger partial charge in [0.2, 0.25) is 0 Å². The number of aliphatic hydroxyl groups excluding tert-OH is 1. The van der Waals surface area contributed by atoms with Crippen molar-refractivity contribution < 1.29 is 80.2 Å². The Morgan fingerprint density at radius 3 is 0.850 bits per heavy atom. The van der Waals surface area contributed by atoms with E-state index in [1.54, 1.807) is 0 Å². The van der Waals surface area contributed by atoms with Crippen LogP contribution in [0.15, 0.2) is 24.3 Å². The Morgan fingerprint density at radius 1 is 0.320 bits per heavy atom. The van der Waals surface area contributed by atoms with Crippen LogP contribution in [0.1, 0.15) is 401 Å². The number of carbonyl (C=O) groups excluding carboxylic acids is 4. The second kappa shape index (κ2) is 72.1. The van der Waals surface area contributed by atoms with Crippen LogP contribution in [0.5, 0.6) is 0 Å². The maximum absolute atomic E-state index is 13.1. The summed E-state index contributed by atoms with van der Waals surface area (Å²) in [6.45, 7) is 9.59. The molecule has 0 fully saturated rings. The number of phosphoric acid groups is 2. The molecular formula is C81H154O17P2. The smallest absolute Gasteiger partial charge is 0.462 e. The molecule has 0 aromatic heterocycles. The van der Waals surface area contributed by atoms with Crippen LogP contribution in [0.4, 0.5) is 0 Å². The van der Waals surface area contributed by atoms with Crippen molar-refractivity contribution in [1.29, 1.82) is 0 Å². The van der Waals surface area contributed by atoms with Gasteiger partial charge in [0.05, 0.1) is 26.4 Å². The quantitative estimate of drug-likeness (QED) is 0.0169. The van der Waals surface area contributed by atoms with Gasteiger partial charge in [0.1, 0.15) is 19.3 Å². The SMILES string of the molecule is CCCCCC/C=C\C=C/CCCCCCCC(=O)OC[C@H](COP(=O)(O)OC[C@@H](O)COP(=O)(O)OC[C@@H](COC(=O)CCCCCCCCC(C)CC)OC(=O)CCCCCCCCCCCCCCC)OC(=O)CCCCCCCCCCCCCCCCCCCCC(C)CC. The molecule has 0 amide bonds. The fourth-order valence-electron chi connectivity index (χ4n) is 11.9. The Labute approximate surface area is 612 Å². The number of esters is 4. The highest BCUT2D eigenvalue weighted by Gasteiger charge is 2.30. The minimum absolute atomic E-state index is 0.101. The average Bonchev–Trinajstić information content (AvgIpc) is 1.06. The summed E-state index contributed by atoms with van der Waals surface area (Å²) in [7, 11) is -9.93. The molecule has 4 unspecified atom stereocenters. The van der Waals surface area contributed by atoms with E-state index in [2.05, 4.69) is 65.8 Å². The summed E-state index contributed by atoms with van der Waals surface area (Å²) in [4.78, 5) is 72.9. The van der Waals surface area contributed by atoms with E-state index in [0.29, 0.717) is 25.7 Å². The van der Waals surface area contributed by atoms with Crippen molar-refractivity contribution >= 4 is 39.5 Å². The number of aliphatic hydroxyl groups is 1. The molecule has 0 spiro atoms. The summed E-state index contributed by atoms with van der Waals surface area (Å²) in [6, 6.07) is 0. The predicted molar refractivity (Wildman–Crippen MR) is 409 cm³/mol. The highest BCUT2D eigenvalue weighted by atomic mass is 31.2. The maximum atomic E-state index is 13.1. The standard InChI is InChI=1S/C81H154O17P2/c1-7-11-13-15-17-19-21-23-28-33-36-40-44-51-57-63-78(83)91-69-76(97-80(85)66-60-54-46-42-38-34-30-27-25-24-26-29-32-35-39-43-49-55-61-73(5)9-3)71-95-99(87,88)93-67-75(82)68-94-100(89,90)96-72-77(70-92-79(84)64-58-52-48-47-50-56-62-74(6)10-4)98-81(86)65-59-53-45-41-37-31-22-20-18-16-14-12-8-2/h19,21,23,28,73-77,82H,7-18,20,22,24-27,29-72H2,1-6H3,(H,87,88)(H,89,90)/b21-19-,28-23-/t73?,74?,75-,76-,77-/m1/s1. The van der Waals surface area contributed by atoms with Crippen LogP contribution >= 0.6 is 15.6 Å². The third kappa shape index (κ3) is 71.2. The summed E-state index contributed by atoms with van der Waals surface area (Å²) in [6.07, 6.45) is 64.6. The summed E-state index contributed by atoms with van der Waals surface area (Å²) in [5.41, 5.74) is 0. The third-order valence-corrected chi connectivity index (χ3v) is 21.0. The Hall–Kier alpha value is -2.46. The third-order valence-electron chi connectivity index (χ3n) is 19.1. The van der Waals surface area contributed by atoms with Crippen molar-refractivity contribution in [1.82, 2.24) is 0 Å². The van der Waals surface area contributed by atoms with E-state index in [4.69, 9.17) is 37.0 Å². The molecule has 0 bridgehead atoms. The van der Waals surface area contributed by atoms with Crippen molar-refractivity contribution in [2.24, 2.45) is 11.8 Å². The van der Waals surface area contributed by atoms with Gasteiger partial charge in [0.15, 0.2) is 12.2 Å². The second-order valence-corrected chi connectivity index (χ2v) is 31.9. The van der Waals surface area contributed by atoms with Gasteiger partial charge >= 0.3 is 39.5 Å². The van der Waals surface area contributed by atoms with Gasteiger partial charge in [-0.2, -0.15) is 0 Å². The van der Waals surface area contributed by atoms with Crippen molar-refractivity contribution in [3.63, 3.8) is 0 Å². The number of hydrogen-bond acceptors (Lipinski definition) is 15. The van der Waals surface area contributed by atoms with E-state index in [1.807, 2.05) is 0 Å². The zero-order valence-electron chi connectivity index (χ0n) is 65.0. The molecule has 3 N–H and O–H groups in total. The van der Waals surface area contributed by atoms with Gasteiger partial charge < -0.3 is 33.8 Å². The first-order valence-corrected chi connectivity index (χ1v) is 44.4. The number of hydrogen-bond donors (Lipinski definition) is 3. The normalized spacial score (nSPS) is 14.6. The topological polar surface area (TPSA) is 237 Å². The molecule has 0 radical (unpaired) electrons. The average molecular weight is 1460 g/mol. The van der Waals surface area contributed by atoms with Crippen molar-refractivity contribution in [2.75, 3.05) is 39.6 Å². The molecule has 590 valence electrons. The summed E-state index contributed by atoms with van der Waals surface area (Å²) >= 11 is 0. The lowest BCUT2D eigenvalue weighted by molar-refractivity contribution is -0.161. The monoisotopic (exact) mass is 1460 g/mol. The highest BCUT2D eigenvalue weighted by Crippen LogP contribution is 2.45. The van der Waals surface area contributed by atoms with Gasteiger partial charge in [0.25, 0.3) is 0 Å². The lowest BCUT2D eigenvalue weighted by Crippen LogP contribution is -2.30.